The van der Waals surface area contributed by atoms with Gasteiger partial charge in [-0.1, -0.05) is 61.7 Å². The summed E-state index contributed by atoms with van der Waals surface area (Å²) in [7, 11) is 0. The van der Waals surface area contributed by atoms with Crippen LogP contribution in [0.15, 0.2) is 54.6 Å². The lowest BCUT2D eigenvalue weighted by Crippen LogP contribution is -2.54. The van der Waals surface area contributed by atoms with Crippen LogP contribution in [-0.4, -0.2) is 36.8 Å². The van der Waals surface area contributed by atoms with Gasteiger partial charge in [0.1, 0.15) is 5.75 Å². The number of carbonyl (C=O) groups excluding carboxylic acids is 1. The van der Waals surface area contributed by atoms with Crippen LogP contribution in [0, 0.1) is 5.41 Å². The normalized spacial score (nSPS) is 24.7. The molecule has 2 aromatic carbocycles. The predicted octanol–water partition coefficient (Wildman–Crippen LogP) is 5.74. The topological polar surface area (TPSA) is 41.6 Å². The zero-order chi connectivity index (χ0) is 23.8. The summed E-state index contributed by atoms with van der Waals surface area (Å²) in [6.07, 6.45) is 2.20. The van der Waals surface area contributed by atoms with Crippen LogP contribution in [-0.2, 0) is 10.3 Å². The molecule has 5 rings (SSSR count). The molecule has 1 atom stereocenters. The van der Waals surface area contributed by atoms with Crippen LogP contribution in [0.4, 0.5) is 13.2 Å². The zero-order valence-corrected chi connectivity index (χ0v) is 19.2. The van der Waals surface area contributed by atoms with E-state index in [2.05, 4.69) is 27.1 Å². The molecule has 7 heteroatoms. The van der Waals surface area contributed by atoms with Gasteiger partial charge < -0.3 is 10.1 Å². The Balaban J connectivity index is 1.38. The van der Waals surface area contributed by atoms with Crippen molar-refractivity contribution in [1.82, 2.24) is 10.2 Å². The van der Waals surface area contributed by atoms with E-state index in [1.54, 1.807) is 12.1 Å². The first kappa shape index (κ1) is 23.2. The summed E-state index contributed by atoms with van der Waals surface area (Å²) < 4.78 is 42.0. The molecular formula is C27H31F3N2O2. The highest BCUT2D eigenvalue weighted by molar-refractivity contribution is 5.86. The summed E-state index contributed by atoms with van der Waals surface area (Å²) in [5.41, 5.74) is 1.67. The van der Waals surface area contributed by atoms with E-state index in [1.165, 1.54) is 24.1 Å². The van der Waals surface area contributed by atoms with Gasteiger partial charge in [0.2, 0.25) is 5.91 Å². The van der Waals surface area contributed by atoms with Crippen LogP contribution in [0.1, 0.15) is 62.0 Å². The smallest absolute Gasteiger partial charge is 0.406 e. The zero-order valence-electron chi connectivity index (χ0n) is 19.2. The fourth-order valence-corrected chi connectivity index (χ4v) is 6.65. The molecule has 34 heavy (non-hydrogen) atoms. The van der Waals surface area contributed by atoms with Gasteiger partial charge in [0, 0.05) is 31.1 Å². The largest absolute Gasteiger partial charge is 0.573 e. The highest BCUT2D eigenvalue weighted by Crippen LogP contribution is 2.51. The number of likely N-dealkylation sites (tertiary alicyclic amines) is 1. The number of rotatable bonds is 4. The summed E-state index contributed by atoms with van der Waals surface area (Å²) in [4.78, 5) is 15.6. The Kier molecular flexibility index (Phi) is 6.09. The molecule has 1 aliphatic carbocycles. The summed E-state index contributed by atoms with van der Waals surface area (Å²) >= 11 is 0. The Hall–Kier alpha value is -2.54. The van der Waals surface area contributed by atoms with Crippen LogP contribution >= 0.6 is 0 Å². The van der Waals surface area contributed by atoms with Crippen LogP contribution in [0.5, 0.6) is 5.75 Å². The Morgan fingerprint density at radius 2 is 1.53 bits per heavy atom. The molecule has 1 unspecified atom stereocenters. The van der Waals surface area contributed by atoms with Crippen molar-refractivity contribution in [1.29, 1.82) is 0 Å². The molecular weight excluding hydrogens is 441 g/mol. The van der Waals surface area contributed by atoms with Crippen LogP contribution in [0.3, 0.4) is 0 Å². The van der Waals surface area contributed by atoms with Crippen molar-refractivity contribution in [2.75, 3.05) is 19.6 Å². The van der Waals surface area contributed by atoms with Crippen molar-refractivity contribution in [2.24, 2.45) is 5.41 Å². The predicted molar refractivity (Wildman–Crippen MR) is 123 cm³/mol. The minimum atomic E-state index is -4.69. The summed E-state index contributed by atoms with van der Waals surface area (Å²) in [5.74, 6) is 0.143. The third-order valence-corrected chi connectivity index (χ3v) is 8.35. The van der Waals surface area contributed by atoms with E-state index >= 15 is 0 Å². The molecule has 1 saturated carbocycles. The maximum atomic E-state index is 13.1. The number of nitrogens with one attached hydrogen (secondary N) is 1. The molecule has 2 heterocycles. The Morgan fingerprint density at radius 1 is 0.882 bits per heavy atom. The highest BCUT2D eigenvalue weighted by Gasteiger charge is 2.54. The van der Waals surface area contributed by atoms with Crippen LogP contribution in [0.2, 0.25) is 0 Å². The molecule has 2 saturated heterocycles. The molecule has 2 aromatic rings. The third kappa shape index (κ3) is 4.19. The molecule has 3 fully saturated rings. The van der Waals surface area contributed by atoms with Crippen molar-refractivity contribution < 1.29 is 22.7 Å². The second-order valence-corrected chi connectivity index (χ2v) is 9.98. The minimum absolute atomic E-state index is 0.160. The number of carbonyl (C=O) groups is 1. The van der Waals surface area contributed by atoms with Gasteiger partial charge in [0.15, 0.2) is 0 Å². The van der Waals surface area contributed by atoms with Crippen molar-refractivity contribution in [2.45, 2.75) is 62.8 Å². The van der Waals surface area contributed by atoms with Gasteiger partial charge >= 0.3 is 6.36 Å². The van der Waals surface area contributed by atoms with Crippen molar-refractivity contribution in [3.05, 3.63) is 65.7 Å². The van der Waals surface area contributed by atoms with E-state index < -0.39 is 11.8 Å². The number of hydrogen-bond donors (Lipinski definition) is 1. The number of benzene rings is 2. The minimum Gasteiger partial charge on any atom is -0.406 e. The van der Waals surface area contributed by atoms with Gasteiger partial charge in [-0.05, 0) is 48.9 Å². The summed E-state index contributed by atoms with van der Waals surface area (Å²) in [5, 5.41) is 3.13. The SMILES string of the molecule is O=C1NCC(c2ccccc2)C12CCN(C1(c3ccc(OC(F)(F)F)cc3)CCCCC1)CC2. The first-order valence-electron chi connectivity index (χ1n) is 12.3. The summed E-state index contributed by atoms with van der Waals surface area (Å²) in [6.45, 7) is 2.28. The number of hydrogen-bond acceptors (Lipinski definition) is 3. The average Bonchev–Trinajstić information content (AvgIpc) is 3.15. The van der Waals surface area contributed by atoms with E-state index in [-0.39, 0.29) is 23.1 Å². The van der Waals surface area contributed by atoms with Crippen molar-refractivity contribution in [3.8, 4) is 5.75 Å². The number of piperidine rings is 1. The van der Waals surface area contributed by atoms with E-state index in [4.69, 9.17) is 0 Å². The van der Waals surface area contributed by atoms with Crippen molar-refractivity contribution in [3.63, 3.8) is 0 Å². The lowest BCUT2D eigenvalue weighted by Gasteiger charge is -2.52. The third-order valence-electron chi connectivity index (χ3n) is 8.35. The number of alkyl halides is 3. The molecule has 0 radical (unpaired) electrons. The van der Waals surface area contributed by atoms with Crippen LogP contribution in [0.25, 0.3) is 0 Å². The Bertz CT molecular complexity index is 993. The lowest BCUT2D eigenvalue weighted by atomic mass is 9.66. The molecule has 1 amide bonds. The first-order valence-corrected chi connectivity index (χ1v) is 12.3. The van der Waals surface area contributed by atoms with E-state index in [0.717, 1.165) is 57.2 Å². The second-order valence-electron chi connectivity index (χ2n) is 9.98. The summed E-state index contributed by atoms with van der Waals surface area (Å²) in [6, 6.07) is 16.8. The van der Waals surface area contributed by atoms with Gasteiger partial charge in [-0.3, -0.25) is 9.69 Å². The Labute approximate surface area is 198 Å². The maximum absolute atomic E-state index is 13.1. The van der Waals surface area contributed by atoms with E-state index in [1.807, 2.05) is 18.2 Å². The van der Waals surface area contributed by atoms with Gasteiger partial charge in [0.25, 0.3) is 0 Å². The molecule has 0 bridgehead atoms. The average molecular weight is 473 g/mol. The van der Waals surface area contributed by atoms with Crippen molar-refractivity contribution >= 4 is 5.91 Å². The Morgan fingerprint density at radius 3 is 2.15 bits per heavy atom. The molecule has 182 valence electrons. The standard InChI is InChI=1S/C27H31F3N2O2/c28-27(29,30)34-22-11-9-21(10-12-22)26(13-5-2-6-14-26)32-17-15-25(16-18-32)23(19-31-24(25)33)20-7-3-1-4-8-20/h1,3-4,7-12,23H,2,5-6,13-19H2,(H,31,33). The highest BCUT2D eigenvalue weighted by atomic mass is 19.4. The number of nitrogens with zero attached hydrogens (tertiary/aromatic N) is 1. The molecule has 0 aromatic heterocycles. The monoisotopic (exact) mass is 472 g/mol. The number of halogens is 3. The molecule has 1 spiro atoms. The van der Waals surface area contributed by atoms with Gasteiger partial charge in [-0.25, -0.2) is 0 Å². The van der Waals surface area contributed by atoms with Crippen LogP contribution < -0.4 is 10.1 Å². The lowest BCUT2D eigenvalue weighted by molar-refractivity contribution is -0.274. The quantitative estimate of drug-likeness (QED) is 0.617. The van der Waals surface area contributed by atoms with E-state index in [9.17, 15) is 18.0 Å². The fraction of sp³-hybridized carbons (Fsp3) is 0.519. The molecule has 2 aliphatic heterocycles. The number of amides is 1. The van der Waals surface area contributed by atoms with Gasteiger partial charge in [-0.15, -0.1) is 13.2 Å². The molecule has 4 nitrogen and oxygen atoms in total. The molecule has 3 aliphatic rings. The number of ether oxygens (including phenoxy) is 1. The maximum Gasteiger partial charge on any atom is 0.573 e. The van der Waals surface area contributed by atoms with Gasteiger partial charge in [-0.2, -0.15) is 0 Å². The van der Waals surface area contributed by atoms with E-state index in [0.29, 0.717) is 6.54 Å². The molecule has 1 N–H and O–H groups in total. The fourth-order valence-electron chi connectivity index (χ4n) is 6.65. The first-order chi connectivity index (χ1) is 16.3. The van der Waals surface area contributed by atoms with Gasteiger partial charge in [0.05, 0.1) is 5.41 Å². The second kappa shape index (κ2) is 8.91.